The van der Waals surface area contributed by atoms with Crippen molar-refractivity contribution in [3.8, 4) is 17.2 Å². The third kappa shape index (κ3) is 4.64. The number of hydrogen-bond donors (Lipinski definition) is 1. The molecule has 1 aliphatic rings. The molecule has 0 bridgehead atoms. The second-order valence-corrected chi connectivity index (χ2v) is 8.89. The van der Waals surface area contributed by atoms with Crippen LogP contribution in [0.5, 0.6) is 17.2 Å². The van der Waals surface area contributed by atoms with Crippen molar-refractivity contribution in [3.05, 3.63) is 69.8 Å². The van der Waals surface area contributed by atoms with Crippen molar-refractivity contribution in [1.29, 1.82) is 0 Å². The van der Waals surface area contributed by atoms with E-state index in [1.165, 1.54) is 6.42 Å². The monoisotopic (exact) mass is 490 g/mol. The highest BCUT2D eigenvalue weighted by Gasteiger charge is 2.31. The summed E-state index contributed by atoms with van der Waals surface area (Å²) in [5.41, 5.74) is 2.13. The standard InChI is InChI=1S/C26H30N6O4/c1-34-19-9-7-17(8-10-19)16-32-25(28-29-30-32)24(31-11-5-4-6-12-31)20-13-18-14-22(35-2)23(36-3)15-21(18)27-26(20)33/h7-10,13-15,24H,4-6,11-12,16H2,1-3H3,(H,27,33)/t24-/m1/s1. The van der Waals surface area contributed by atoms with Gasteiger partial charge in [-0.25, -0.2) is 4.68 Å². The number of aromatic nitrogens is 5. The number of fused-ring (bicyclic) bond motifs is 1. The highest BCUT2D eigenvalue weighted by Crippen LogP contribution is 2.34. The molecule has 2 aromatic carbocycles. The lowest BCUT2D eigenvalue weighted by molar-refractivity contribution is 0.177. The summed E-state index contributed by atoms with van der Waals surface area (Å²) in [5, 5.41) is 13.5. The molecule has 10 nitrogen and oxygen atoms in total. The van der Waals surface area contributed by atoms with Gasteiger partial charge in [0.15, 0.2) is 17.3 Å². The molecule has 4 aromatic rings. The van der Waals surface area contributed by atoms with Crippen LogP contribution in [0.1, 0.15) is 42.3 Å². The fraction of sp³-hybridized carbons (Fsp3) is 0.385. The van der Waals surface area contributed by atoms with E-state index in [9.17, 15) is 4.79 Å². The molecule has 1 atom stereocenters. The maximum atomic E-state index is 13.5. The van der Waals surface area contributed by atoms with E-state index in [2.05, 4.69) is 25.4 Å². The first kappa shape index (κ1) is 23.8. The van der Waals surface area contributed by atoms with Crippen LogP contribution in [0.4, 0.5) is 0 Å². The molecule has 3 heterocycles. The number of aromatic amines is 1. The van der Waals surface area contributed by atoms with Gasteiger partial charge in [0.2, 0.25) is 0 Å². The number of pyridine rings is 1. The Hall–Kier alpha value is -3.92. The summed E-state index contributed by atoms with van der Waals surface area (Å²) in [6, 6.07) is 13.0. The number of H-pyrrole nitrogens is 1. The average molecular weight is 491 g/mol. The summed E-state index contributed by atoms with van der Waals surface area (Å²) < 4.78 is 18.0. The maximum absolute atomic E-state index is 13.5. The van der Waals surface area contributed by atoms with Gasteiger partial charge in [0.1, 0.15) is 11.8 Å². The van der Waals surface area contributed by atoms with Crippen molar-refractivity contribution in [1.82, 2.24) is 30.1 Å². The highest BCUT2D eigenvalue weighted by atomic mass is 16.5. The maximum Gasteiger partial charge on any atom is 0.253 e. The molecule has 0 radical (unpaired) electrons. The van der Waals surface area contributed by atoms with Crippen LogP contribution in [0, 0.1) is 0 Å². The second-order valence-electron chi connectivity index (χ2n) is 8.89. The van der Waals surface area contributed by atoms with Crippen LogP contribution >= 0.6 is 0 Å². The van der Waals surface area contributed by atoms with Crippen molar-refractivity contribution in [2.45, 2.75) is 31.8 Å². The molecular weight excluding hydrogens is 460 g/mol. The number of tetrazole rings is 1. The minimum Gasteiger partial charge on any atom is -0.497 e. The van der Waals surface area contributed by atoms with Crippen molar-refractivity contribution < 1.29 is 14.2 Å². The number of piperidine rings is 1. The minimum atomic E-state index is -0.389. The number of benzene rings is 2. The molecule has 36 heavy (non-hydrogen) atoms. The zero-order chi connectivity index (χ0) is 25.1. The minimum absolute atomic E-state index is 0.177. The van der Waals surface area contributed by atoms with Crippen molar-refractivity contribution in [2.24, 2.45) is 0 Å². The Kier molecular flexibility index (Phi) is 6.86. The van der Waals surface area contributed by atoms with E-state index in [0.717, 1.165) is 42.6 Å². The van der Waals surface area contributed by atoms with E-state index in [1.54, 1.807) is 32.1 Å². The van der Waals surface area contributed by atoms with Crippen molar-refractivity contribution >= 4 is 10.9 Å². The van der Waals surface area contributed by atoms with E-state index in [1.807, 2.05) is 36.4 Å². The molecule has 0 unspecified atom stereocenters. The SMILES string of the molecule is COc1ccc(Cn2nnnc2[C@@H](c2cc3cc(OC)c(OC)cc3[nH]c2=O)N2CCCCC2)cc1. The van der Waals surface area contributed by atoms with Gasteiger partial charge in [-0.3, -0.25) is 9.69 Å². The molecular formula is C26H30N6O4. The smallest absolute Gasteiger partial charge is 0.253 e. The number of hydrogen-bond acceptors (Lipinski definition) is 8. The molecule has 1 aliphatic heterocycles. The lowest BCUT2D eigenvalue weighted by atomic mass is 10.00. The molecule has 0 amide bonds. The number of likely N-dealkylation sites (tertiary alicyclic amines) is 1. The fourth-order valence-corrected chi connectivity index (χ4v) is 4.85. The summed E-state index contributed by atoms with van der Waals surface area (Å²) in [5.74, 6) is 2.58. The normalized spacial score (nSPS) is 15.1. The number of ether oxygens (including phenoxy) is 3. The summed E-state index contributed by atoms with van der Waals surface area (Å²) >= 11 is 0. The number of nitrogens with one attached hydrogen (secondary N) is 1. The molecule has 10 heteroatoms. The van der Waals surface area contributed by atoms with Gasteiger partial charge >= 0.3 is 0 Å². The van der Waals surface area contributed by atoms with E-state index in [0.29, 0.717) is 34.9 Å². The molecule has 1 N–H and O–H groups in total. The van der Waals surface area contributed by atoms with Crippen LogP contribution in [0.2, 0.25) is 0 Å². The predicted molar refractivity (Wildman–Crippen MR) is 135 cm³/mol. The number of methoxy groups -OCH3 is 3. The van der Waals surface area contributed by atoms with Gasteiger partial charge in [-0.2, -0.15) is 0 Å². The fourth-order valence-electron chi connectivity index (χ4n) is 4.85. The Labute approximate surface area is 208 Å². The zero-order valence-corrected chi connectivity index (χ0v) is 20.7. The van der Waals surface area contributed by atoms with E-state index in [-0.39, 0.29) is 11.6 Å². The van der Waals surface area contributed by atoms with Crippen LogP contribution in [-0.2, 0) is 6.54 Å². The van der Waals surface area contributed by atoms with Gasteiger partial charge in [-0.05, 0) is 66.2 Å². The van der Waals surface area contributed by atoms with Crippen LogP contribution in [0.15, 0.2) is 47.3 Å². The van der Waals surface area contributed by atoms with Crippen molar-refractivity contribution in [3.63, 3.8) is 0 Å². The van der Waals surface area contributed by atoms with E-state index < -0.39 is 0 Å². The Morgan fingerprint density at radius 3 is 2.36 bits per heavy atom. The Morgan fingerprint density at radius 1 is 0.944 bits per heavy atom. The third-order valence-electron chi connectivity index (χ3n) is 6.72. The quantitative estimate of drug-likeness (QED) is 0.401. The number of nitrogens with zero attached hydrogens (tertiary/aromatic N) is 5. The van der Waals surface area contributed by atoms with Gasteiger partial charge in [-0.1, -0.05) is 18.6 Å². The van der Waals surface area contributed by atoms with Gasteiger partial charge in [0.05, 0.1) is 33.4 Å². The third-order valence-corrected chi connectivity index (χ3v) is 6.72. The highest BCUT2D eigenvalue weighted by molar-refractivity contribution is 5.83. The zero-order valence-electron chi connectivity index (χ0n) is 20.7. The van der Waals surface area contributed by atoms with Crippen LogP contribution in [0.3, 0.4) is 0 Å². The van der Waals surface area contributed by atoms with E-state index >= 15 is 0 Å². The summed E-state index contributed by atoms with van der Waals surface area (Å²) in [6.07, 6.45) is 3.30. The lowest BCUT2D eigenvalue weighted by Gasteiger charge is -2.33. The first-order valence-electron chi connectivity index (χ1n) is 12.0. The van der Waals surface area contributed by atoms with Gasteiger partial charge in [0.25, 0.3) is 5.56 Å². The van der Waals surface area contributed by atoms with Gasteiger partial charge in [-0.15, -0.1) is 5.10 Å². The molecule has 5 rings (SSSR count). The van der Waals surface area contributed by atoms with E-state index in [4.69, 9.17) is 14.2 Å². The van der Waals surface area contributed by atoms with Crippen LogP contribution in [-0.4, -0.2) is 64.5 Å². The Bertz CT molecular complexity index is 1390. The van der Waals surface area contributed by atoms with Crippen LogP contribution in [0.25, 0.3) is 10.9 Å². The van der Waals surface area contributed by atoms with Gasteiger partial charge < -0.3 is 19.2 Å². The summed E-state index contributed by atoms with van der Waals surface area (Å²) in [4.78, 5) is 18.8. The summed E-state index contributed by atoms with van der Waals surface area (Å²) in [6.45, 7) is 2.21. The van der Waals surface area contributed by atoms with Crippen LogP contribution < -0.4 is 19.8 Å². The second kappa shape index (κ2) is 10.4. The molecule has 2 aromatic heterocycles. The molecule has 0 saturated carbocycles. The van der Waals surface area contributed by atoms with Gasteiger partial charge in [0, 0.05) is 17.0 Å². The summed E-state index contributed by atoms with van der Waals surface area (Å²) in [7, 11) is 4.82. The first-order chi connectivity index (χ1) is 17.6. The predicted octanol–water partition coefficient (Wildman–Crippen LogP) is 3.16. The first-order valence-corrected chi connectivity index (χ1v) is 12.0. The largest absolute Gasteiger partial charge is 0.497 e. The molecule has 1 saturated heterocycles. The molecule has 188 valence electrons. The molecule has 0 spiro atoms. The number of rotatable bonds is 8. The topological polar surface area (TPSA) is 107 Å². The molecule has 1 fully saturated rings. The molecule has 0 aliphatic carbocycles. The lowest BCUT2D eigenvalue weighted by Crippen LogP contribution is -2.38. The average Bonchev–Trinajstić information content (AvgIpc) is 3.37. The van der Waals surface area contributed by atoms with Crippen molar-refractivity contribution in [2.75, 3.05) is 34.4 Å². The Balaban J connectivity index is 1.60. The Morgan fingerprint density at radius 2 is 1.67 bits per heavy atom.